The minimum absolute atomic E-state index is 0.0556. The van der Waals surface area contributed by atoms with Crippen molar-refractivity contribution in [3.05, 3.63) is 73.5 Å². The van der Waals surface area contributed by atoms with E-state index in [2.05, 4.69) is 0 Å². The second kappa shape index (κ2) is 6.21. The van der Waals surface area contributed by atoms with Crippen molar-refractivity contribution in [2.24, 2.45) is 0 Å². The lowest BCUT2D eigenvalue weighted by Gasteiger charge is -2.14. The smallest absolute Gasteiger partial charge is 0.341 e. The van der Waals surface area contributed by atoms with Gasteiger partial charge in [0, 0.05) is 35.3 Å². The van der Waals surface area contributed by atoms with Crippen LogP contribution in [0.2, 0.25) is 5.02 Å². The van der Waals surface area contributed by atoms with Crippen LogP contribution in [0.4, 0.5) is 5.69 Å². The molecule has 1 aliphatic carbocycles. The van der Waals surface area contributed by atoms with Gasteiger partial charge in [0.2, 0.25) is 5.43 Å². The molecule has 136 valence electrons. The Labute approximate surface area is 157 Å². The maximum Gasteiger partial charge on any atom is 0.341 e. The Balaban J connectivity index is 1.97. The number of carbonyl (C=O) groups is 1. The summed E-state index contributed by atoms with van der Waals surface area (Å²) in [5, 5.41) is 20.8. The molecule has 3 aromatic rings. The summed E-state index contributed by atoms with van der Waals surface area (Å²) in [6.07, 6.45) is 3.21. The number of carboxylic acid groups (broad SMARTS) is 1. The van der Waals surface area contributed by atoms with Crippen LogP contribution in [0.3, 0.4) is 0 Å². The van der Waals surface area contributed by atoms with Gasteiger partial charge in [-0.15, -0.1) is 0 Å². The topological polar surface area (TPSA) is 102 Å². The van der Waals surface area contributed by atoms with Gasteiger partial charge in [0.15, 0.2) is 0 Å². The highest BCUT2D eigenvalue weighted by molar-refractivity contribution is 6.34. The van der Waals surface area contributed by atoms with Gasteiger partial charge in [0.25, 0.3) is 5.69 Å². The van der Waals surface area contributed by atoms with E-state index in [0.717, 1.165) is 12.8 Å². The molecule has 0 aliphatic heterocycles. The van der Waals surface area contributed by atoms with Gasteiger partial charge in [-0.05, 0) is 42.7 Å². The van der Waals surface area contributed by atoms with E-state index in [1.54, 1.807) is 28.8 Å². The summed E-state index contributed by atoms with van der Waals surface area (Å²) in [6, 6.07) is 9.17. The molecule has 0 atom stereocenters. The second-order valence-corrected chi connectivity index (χ2v) is 6.88. The molecular weight excluding hydrogens is 372 g/mol. The number of rotatable bonds is 4. The normalized spacial score (nSPS) is 13.7. The molecule has 2 aromatic carbocycles. The number of nitrogens with zero attached hydrogens (tertiary/aromatic N) is 2. The van der Waals surface area contributed by atoms with Gasteiger partial charge in [-0.1, -0.05) is 11.6 Å². The van der Waals surface area contributed by atoms with Crippen LogP contribution in [0.5, 0.6) is 0 Å². The van der Waals surface area contributed by atoms with Crippen molar-refractivity contribution in [3.63, 3.8) is 0 Å². The highest BCUT2D eigenvalue weighted by atomic mass is 35.5. The summed E-state index contributed by atoms with van der Waals surface area (Å²) in [5.41, 5.74) is 0.787. The van der Waals surface area contributed by atoms with Gasteiger partial charge in [0.05, 0.1) is 15.5 Å². The fraction of sp³-hybridized carbons (Fsp3) is 0.158. The van der Waals surface area contributed by atoms with Gasteiger partial charge in [0.1, 0.15) is 5.56 Å². The van der Waals surface area contributed by atoms with Crippen molar-refractivity contribution in [2.75, 3.05) is 0 Å². The minimum Gasteiger partial charge on any atom is -0.477 e. The molecule has 1 fully saturated rings. The lowest BCUT2D eigenvalue weighted by molar-refractivity contribution is -0.384. The van der Waals surface area contributed by atoms with Crippen LogP contribution < -0.4 is 5.43 Å². The maximum absolute atomic E-state index is 12.7. The van der Waals surface area contributed by atoms with Crippen LogP contribution in [0, 0.1) is 10.1 Å². The summed E-state index contributed by atoms with van der Waals surface area (Å²) in [7, 11) is 0. The molecule has 0 unspecified atom stereocenters. The molecule has 1 heterocycles. The number of hydrogen-bond donors (Lipinski definition) is 1. The number of non-ortho nitro benzene ring substituents is 1. The number of carboxylic acids is 1. The molecule has 0 bridgehead atoms. The molecular formula is C19H13ClN2O5. The Hall–Kier alpha value is -3.19. The lowest BCUT2D eigenvalue weighted by Crippen LogP contribution is -2.18. The lowest BCUT2D eigenvalue weighted by atomic mass is 10.0. The van der Waals surface area contributed by atoms with Crippen molar-refractivity contribution in [2.45, 2.75) is 18.9 Å². The fourth-order valence-corrected chi connectivity index (χ4v) is 3.43. The first-order valence-electron chi connectivity index (χ1n) is 8.23. The van der Waals surface area contributed by atoms with Crippen LogP contribution in [-0.4, -0.2) is 20.6 Å². The zero-order valence-electron chi connectivity index (χ0n) is 13.9. The highest BCUT2D eigenvalue weighted by Crippen LogP contribution is 2.39. The summed E-state index contributed by atoms with van der Waals surface area (Å²) in [5.74, 6) is -1.27. The third kappa shape index (κ3) is 2.96. The van der Waals surface area contributed by atoms with E-state index in [4.69, 9.17) is 11.6 Å². The zero-order chi connectivity index (χ0) is 19.3. The van der Waals surface area contributed by atoms with E-state index in [0.29, 0.717) is 21.7 Å². The molecule has 0 saturated heterocycles. The number of aromatic nitrogens is 1. The van der Waals surface area contributed by atoms with Gasteiger partial charge in [-0.25, -0.2) is 4.79 Å². The molecule has 4 rings (SSSR count). The predicted octanol–water partition coefficient (Wildman–Crippen LogP) is 4.26. The van der Waals surface area contributed by atoms with Gasteiger partial charge >= 0.3 is 5.97 Å². The van der Waals surface area contributed by atoms with E-state index in [1.165, 1.54) is 18.3 Å². The Morgan fingerprint density at radius 2 is 1.89 bits per heavy atom. The average molecular weight is 385 g/mol. The quantitative estimate of drug-likeness (QED) is 0.534. The summed E-state index contributed by atoms with van der Waals surface area (Å²) in [6.45, 7) is 0. The SMILES string of the molecule is O=C(O)c1cn(C2CC2)c2cc(Cl)c(-c3ccc([N+](=O)[O-])cc3)cc2c1=O. The van der Waals surface area contributed by atoms with Gasteiger partial charge < -0.3 is 9.67 Å². The number of aromatic carboxylic acids is 1. The van der Waals surface area contributed by atoms with Crippen LogP contribution in [-0.2, 0) is 0 Å². The third-order valence-corrected chi connectivity index (χ3v) is 4.99. The number of halogens is 1. The molecule has 1 saturated carbocycles. The van der Waals surface area contributed by atoms with E-state index in [-0.39, 0.29) is 22.7 Å². The van der Waals surface area contributed by atoms with Crippen LogP contribution in [0.25, 0.3) is 22.0 Å². The van der Waals surface area contributed by atoms with Crippen molar-refractivity contribution < 1.29 is 14.8 Å². The summed E-state index contributed by atoms with van der Waals surface area (Å²) >= 11 is 6.43. The average Bonchev–Trinajstić information content (AvgIpc) is 3.46. The molecule has 1 aromatic heterocycles. The molecule has 8 heteroatoms. The van der Waals surface area contributed by atoms with E-state index in [1.807, 2.05) is 0 Å². The molecule has 7 nitrogen and oxygen atoms in total. The van der Waals surface area contributed by atoms with Gasteiger partial charge in [-0.3, -0.25) is 14.9 Å². The summed E-state index contributed by atoms with van der Waals surface area (Å²) in [4.78, 5) is 34.5. The third-order valence-electron chi connectivity index (χ3n) is 4.68. The molecule has 0 radical (unpaired) electrons. The standard InChI is InChI=1S/C19H13ClN2O5/c20-16-8-17-14(7-13(16)10-1-3-12(4-2-10)22(26)27)18(23)15(19(24)25)9-21(17)11-5-6-11/h1-4,7-9,11H,5-6H2,(H,24,25). The Morgan fingerprint density at radius 1 is 1.22 bits per heavy atom. The van der Waals surface area contributed by atoms with E-state index in [9.17, 15) is 24.8 Å². The molecule has 0 spiro atoms. The summed E-state index contributed by atoms with van der Waals surface area (Å²) < 4.78 is 1.80. The van der Waals surface area contributed by atoms with Crippen molar-refractivity contribution in [1.29, 1.82) is 0 Å². The van der Waals surface area contributed by atoms with Crippen molar-refractivity contribution >= 4 is 34.2 Å². The number of hydrogen-bond acceptors (Lipinski definition) is 4. The zero-order valence-corrected chi connectivity index (χ0v) is 14.6. The molecule has 1 N–H and O–H groups in total. The first-order chi connectivity index (χ1) is 12.9. The predicted molar refractivity (Wildman–Crippen MR) is 101 cm³/mol. The van der Waals surface area contributed by atoms with Gasteiger partial charge in [-0.2, -0.15) is 0 Å². The monoisotopic (exact) mass is 384 g/mol. The van der Waals surface area contributed by atoms with Crippen molar-refractivity contribution in [1.82, 2.24) is 4.57 Å². The maximum atomic E-state index is 12.7. The largest absolute Gasteiger partial charge is 0.477 e. The molecule has 27 heavy (non-hydrogen) atoms. The first-order valence-corrected chi connectivity index (χ1v) is 8.61. The number of benzene rings is 2. The van der Waals surface area contributed by atoms with E-state index < -0.39 is 16.3 Å². The van der Waals surface area contributed by atoms with Crippen LogP contribution >= 0.6 is 11.6 Å². The van der Waals surface area contributed by atoms with Crippen molar-refractivity contribution in [3.8, 4) is 11.1 Å². The Bertz CT molecular complexity index is 1160. The Morgan fingerprint density at radius 3 is 2.44 bits per heavy atom. The second-order valence-electron chi connectivity index (χ2n) is 6.47. The number of pyridine rings is 1. The molecule has 0 amide bonds. The van der Waals surface area contributed by atoms with Crippen LogP contribution in [0.15, 0.2) is 47.4 Å². The first kappa shape index (κ1) is 17.2. The van der Waals surface area contributed by atoms with E-state index >= 15 is 0 Å². The number of nitro groups is 1. The number of nitro benzene ring substituents is 1. The Kier molecular flexibility index (Phi) is 3.96. The molecule has 1 aliphatic rings. The highest BCUT2D eigenvalue weighted by Gasteiger charge is 2.27. The van der Waals surface area contributed by atoms with Crippen LogP contribution in [0.1, 0.15) is 29.2 Å². The fourth-order valence-electron chi connectivity index (χ4n) is 3.16. The number of fused-ring (bicyclic) bond motifs is 1. The minimum atomic E-state index is -1.27.